The third kappa shape index (κ3) is 4.18. The van der Waals surface area contributed by atoms with E-state index in [0.717, 1.165) is 25.6 Å². The van der Waals surface area contributed by atoms with E-state index in [1.807, 2.05) is 7.05 Å². The Kier molecular flexibility index (Phi) is 5.59. The molecule has 0 aliphatic carbocycles. The van der Waals surface area contributed by atoms with Crippen LogP contribution in [0.1, 0.15) is 37.3 Å². The topological polar surface area (TPSA) is 39.7 Å². The van der Waals surface area contributed by atoms with Crippen molar-refractivity contribution in [1.82, 2.24) is 10.6 Å². The molecule has 0 spiro atoms. The van der Waals surface area contributed by atoms with Crippen LogP contribution in [-0.4, -0.2) is 43.6 Å². The third-order valence-electron chi connectivity index (χ3n) is 5.11. The number of rotatable bonds is 4. The first kappa shape index (κ1) is 17.5. The molecule has 0 saturated carbocycles. The van der Waals surface area contributed by atoms with Crippen LogP contribution in [0, 0.1) is 0 Å². The Morgan fingerprint density at radius 3 is 2.96 bits per heavy atom. The number of hydrogen-bond donors (Lipinski definition) is 2. The van der Waals surface area contributed by atoms with Crippen molar-refractivity contribution in [2.75, 3.05) is 37.8 Å². The number of thioether (sulfide) groups is 1. The molecule has 0 radical (unpaired) electrons. The van der Waals surface area contributed by atoms with Gasteiger partial charge in [-0.05, 0) is 55.6 Å². The third-order valence-corrected chi connectivity index (χ3v) is 6.65. The van der Waals surface area contributed by atoms with Crippen LogP contribution in [0.15, 0.2) is 23.2 Å². The highest BCUT2D eigenvalue weighted by Crippen LogP contribution is 2.36. The van der Waals surface area contributed by atoms with Crippen LogP contribution in [0.4, 0.5) is 5.69 Å². The minimum Gasteiger partial charge on any atom is -0.374 e. The summed E-state index contributed by atoms with van der Waals surface area (Å²) in [6, 6.07) is 6.84. The van der Waals surface area contributed by atoms with E-state index in [0.29, 0.717) is 4.75 Å². The molecule has 0 aromatic heterocycles. The Labute approximate surface area is 150 Å². The maximum absolute atomic E-state index is 4.37. The van der Waals surface area contributed by atoms with Gasteiger partial charge in [0.25, 0.3) is 0 Å². The molecule has 0 bridgehead atoms. The van der Waals surface area contributed by atoms with Crippen LogP contribution >= 0.6 is 11.8 Å². The number of aliphatic imine (C=N–C) groups is 1. The van der Waals surface area contributed by atoms with Crippen molar-refractivity contribution in [3.05, 3.63) is 29.3 Å². The maximum Gasteiger partial charge on any atom is 0.191 e. The minimum atomic E-state index is 0.355. The Morgan fingerprint density at radius 2 is 2.21 bits per heavy atom. The van der Waals surface area contributed by atoms with Gasteiger partial charge in [0.1, 0.15) is 0 Å². The van der Waals surface area contributed by atoms with E-state index >= 15 is 0 Å². The van der Waals surface area contributed by atoms with E-state index in [1.165, 1.54) is 48.3 Å². The molecule has 2 aliphatic heterocycles. The highest BCUT2D eigenvalue weighted by molar-refractivity contribution is 8.00. The fourth-order valence-electron chi connectivity index (χ4n) is 3.60. The summed E-state index contributed by atoms with van der Waals surface area (Å²) >= 11 is 2.08. The number of nitrogens with zero attached hydrogens (tertiary/aromatic N) is 2. The van der Waals surface area contributed by atoms with Gasteiger partial charge in [-0.3, -0.25) is 4.99 Å². The summed E-state index contributed by atoms with van der Waals surface area (Å²) in [4.78, 5) is 6.73. The first-order valence-electron chi connectivity index (χ1n) is 9.01. The molecule has 1 aromatic rings. The number of hydrogen-bond acceptors (Lipinski definition) is 3. The van der Waals surface area contributed by atoms with Crippen LogP contribution in [0.5, 0.6) is 0 Å². The van der Waals surface area contributed by atoms with E-state index in [1.54, 1.807) is 0 Å². The zero-order chi connectivity index (χ0) is 17.0. The van der Waals surface area contributed by atoms with Gasteiger partial charge in [0.05, 0.1) is 0 Å². The minimum absolute atomic E-state index is 0.355. The van der Waals surface area contributed by atoms with Gasteiger partial charge in [-0.15, -0.1) is 0 Å². The lowest BCUT2D eigenvalue weighted by atomic mass is 9.99. The second kappa shape index (κ2) is 7.68. The van der Waals surface area contributed by atoms with Gasteiger partial charge in [0, 0.05) is 44.2 Å². The summed E-state index contributed by atoms with van der Waals surface area (Å²) < 4.78 is 0.355. The van der Waals surface area contributed by atoms with Gasteiger partial charge in [-0.1, -0.05) is 12.1 Å². The van der Waals surface area contributed by atoms with Crippen molar-refractivity contribution in [2.45, 2.75) is 43.9 Å². The molecule has 2 aliphatic rings. The number of aryl methyl sites for hydroxylation is 1. The zero-order valence-electron chi connectivity index (χ0n) is 15.2. The molecule has 2 heterocycles. The van der Waals surface area contributed by atoms with Crippen LogP contribution < -0.4 is 15.5 Å². The number of guanidine groups is 1. The van der Waals surface area contributed by atoms with Crippen molar-refractivity contribution in [3.8, 4) is 0 Å². The van der Waals surface area contributed by atoms with Gasteiger partial charge in [0.2, 0.25) is 0 Å². The summed E-state index contributed by atoms with van der Waals surface area (Å²) in [6.45, 7) is 5.32. The van der Waals surface area contributed by atoms with E-state index in [4.69, 9.17) is 0 Å². The second-order valence-corrected chi connectivity index (χ2v) is 8.85. The van der Waals surface area contributed by atoms with Crippen LogP contribution in [0.3, 0.4) is 0 Å². The highest BCUT2D eigenvalue weighted by Gasteiger charge is 2.29. The maximum atomic E-state index is 4.37. The summed E-state index contributed by atoms with van der Waals surface area (Å²) in [5.74, 6) is 2.19. The molecule has 2 N–H and O–H groups in total. The molecular formula is C19H30N4S. The summed E-state index contributed by atoms with van der Waals surface area (Å²) in [6.07, 6.45) is 5.06. The molecule has 1 atom stereocenters. The smallest absolute Gasteiger partial charge is 0.191 e. The lowest BCUT2D eigenvalue weighted by Gasteiger charge is -2.28. The second-order valence-electron chi connectivity index (χ2n) is 7.17. The number of benzene rings is 1. The largest absolute Gasteiger partial charge is 0.374 e. The molecule has 0 amide bonds. The summed E-state index contributed by atoms with van der Waals surface area (Å²) in [5.41, 5.74) is 4.19. The molecule has 24 heavy (non-hydrogen) atoms. The Bertz CT molecular complexity index is 593. The molecular weight excluding hydrogens is 316 g/mol. The molecule has 4 nitrogen and oxygen atoms in total. The molecule has 1 aromatic carbocycles. The lowest BCUT2D eigenvalue weighted by molar-refractivity contribution is 0.584. The van der Waals surface area contributed by atoms with Gasteiger partial charge < -0.3 is 15.5 Å². The van der Waals surface area contributed by atoms with E-state index in [2.05, 4.69) is 64.5 Å². The van der Waals surface area contributed by atoms with Crippen LogP contribution in [0.25, 0.3) is 0 Å². The predicted molar refractivity (Wildman–Crippen MR) is 106 cm³/mol. The van der Waals surface area contributed by atoms with E-state index < -0.39 is 0 Å². The predicted octanol–water partition coefficient (Wildman–Crippen LogP) is 3.02. The molecule has 132 valence electrons. The van der Waals surface area contributed by atoms with Gasteiger partial charge >= 0.3 is 0 Å². The fourth-order valence-corrected chi connectivity index (χ4v) is 4.85. The Hall–Kier alpha value is -1.36. The number of nitrogens with one attached hydrogen (secondary N) is 2. The SMILES string of the molecule is CN=C(NCc1ccc2c(c1)CCCN2C)NCC1(C)CCCS1. The number of fused-ring (bicyclic) bond motifs is 1. The van der Waals surface area contributed by atoms with Crippen molar-refractivity contribution < 1.29 is 0 Å². The van der Waals surface area contributed by atoms with E-state index in [9.17, 15) is 0 Å². The average molecular weight is 347 g/mol. The standard InChI is InChI=1S/C19H30N4S/c1-19(9-5-11-24-19)14-22-18(20-2)21-13-15-7-8-17-16(12-15)6-4-10-23(17)3/h7-8,12H,4-6,9-11,13-14H2,1-3H3,(H2,20,21,22). The van der Waals surface area contributed by atoms with Crippen LogP contribution in [0.2, 0.25) is 0 Å². The molecule has 1 fully saturated rings. The quantitative estimate of drug-likeness (QED) is 0.649. The van der Waals surface area contributed by atoms with Gasteiger partial charge in [-0.2, -0.15) is 11.8 Å². The first-order valence-corrected chi connectivity index (χ1v) is 10.00. The summed E-state index contributed by atoms with van der Waals surface area (Å²) in [5, 5.41) is 6.96. The van der Waals surface area contributed by atoms with Crippen molar-refractivity contribution in [3.63, 3.8) is 0 Å². The average Bonchev–Trinajstić information content (AvgIpc) is 3.02. The Balaban J connectivity index is 1.54. The Morgan fingerprint density at radius 1 is 1.33 bits per heavy atom. The molecule has 3 rings (SSSR count). The van der Waals surface area contributed by atoms with Gasteiger partial charge in [-0.25, -0.2) is 0 Å². The molecule has 5 heteroatoms. The lowest BCUT2D eigenvalue weighted by Crippen LogP contribution is -2.43. The summed E-state index contributed by atoms with van der Waals surface area (Å²) in [7, 11) is 4.03. The molecule has 1 saturated heterocycles. The highest BCUT2D eigenvalue weighted by atomic mass is 32.2. The van der Waals surface area contributed by atoms with Crippen molar-refractivity contribution in [1.29, 1.82) is 0 Å². The van der Waals surface area contributed by atoms with Crippen molar-refractivity contribution >= 4 is 23.4 Å². The van der Waals surface area contributed by atoms with Crippen molar-refractivity contribution in [2.24, 2.45) is 4.99 Å². The van der Waals surface area contributed by atoms with E-state index in [-0.39, 0.29) is 0 Å². The first-order chi connectivity index (χ1) is 11.6. The van der Waals surface area contributed by atoms with Gasteiger partial charge in [0.15, 0.2) is 5.96 Å². The molecule has 1 unspecified atom stereocenters. The fraction of sp³-hybridized carbons (Fsp3) is 0.632. The number of anilines is 1. The van der Waals surface area contributed by atoms with Crippen LogP contribution in [-0.2, 0) is 13.0 Å². The zero-order valence-corrected chi connectivity index (χ0v) is 16.0. The monoisotopic (exact) mass is 346 g/mol. The normalized spacial score (nSPS) is 24.0.